The van der Waals surface area contributed by atoms with E-state index in [1.807, 2.05) is 0 Å². The van der Waals surface area contributed by atoms with Gasteiger partial charge in [0.05, 0.1) is 29.7 Å². The largest absolute Gasteiger partial charge is 0.493 e. The molecule has 7 nitrogen and oxygen atoms in total. The Kier molecular flexibility index (Phi) is 6.57. The summed E-state index contributed by atoms with van der Waals surface area (Å²) in [5.74, 6) is 0.173. The van der Waals surface area contributed by atoms with Crippen molar-refractivity contribution in [2.24, 2.45) is 0 Å². The molecule has 0 aliphatic rings. The minimum atomic E-state index is -0.644. The molecule has 0 aliphatic heterocycles. The number of carbonyl (C=O) groups is 1. The van der Waals surface area contributed by atoms with Crippen molar-refractivity contribution in [2.75, 3.05) is 14.2 Å². The molecule has 2 aromatic carbocycles. The number of nitro benzene ring substituents is 1. The van der Waals surface area contributed by atoms with E-state index in [-0.39, 0.29) is 12.3 Å². The standard InChI is InChI=1S/C18H16ClNO6/c1-24-16-10-12(9-14(19)18(16)25-2)7-8-17(21)26-11-13-5-3-4-6-15(13)20(22)23/h3-10H,11H2,1-2H3/b8-7+. The van der Waals surface area contributed by atoms with Gasteiger partial charge in [0.15, 0.2) is 11.5 Å². The second-order valence-corrected chi connectivity index (χ2v) is 5.47. The van der Waals surface area contributed by atoms with Crippen molar-refractivity contribution >= 4 is 29.3 Å². The Bertz CT molecular complexity index is 850. The van der Waals surface area contributed by atoms with Gasteiger partial charge in [-0.1, -0.05) is 23.7 Å². The van der Waals surface area contributed by atoms with Crippen LogP contribution in [-0.2, 0) is 16.1 Å². The molecule has 0 radical (unpaired) electrons. The summed E-state index contributed by atoms with van der Waals surface area (Å²) in [4.78, 5) is 22.3. The van der Waals surface area contributed by atoms with Gasteiger partial charge < -0.3 is 14.2 Å². The number of carbonyl (C=O) groups excluding carboxylic acids is 1. The van der Waals surface area contributed by atoms with Crippen molar-refractivity contribution in [3.8, 4) is 11.5 Å². The molecular weight excluding hydrogens is 362 g/mol. The molecule has 2 rings (SSSR count). The van der Waals surface area contributed by atoms with E-state index < -0.39 is 10.9 Å². The maximum Gasteiger partial charge on any atom is 0.331 e. The van der Waals surface area contributed by atoms with Gasteiger partial charge in [-0.15, -0.1) is 0 Å². The Morgan fingerprint density at radius 1 is 1.23 bits per heavy atom. The first-order chi connectivity index (χ1) is 12.5. The molecule has 0 saturated carbocycles. The van der Waals surface area contributed by atoms with Crippen molar-refractivity contribution in [1.82, 2.24) is 0 Å². The van der Waals surface area contributed by atoms with E-state index >= 15 is 0 Å². The summed E-state index contributed by atoms with van der Waals surface area (Å²) in [5, 5.41) is 11.3. The molecule has 2 aromatic rings. The highest BCUT2D eigenvalue weighted by molar-refractivity contribution is 6.32. The van der Waals surface area contributed by atoms with Gasteiger partial charge in [-0.25, -0.2) is 4.79 Å². The number of para-hydroxylation sites is 1. The number of nitro groups is 1. The zero-order valence-corrected chi connectivity index (χ0v) is 14.9. The fraction of sp³-hybridized carbons (Fsp3) is 0.167. The predicted molar refractivity (Wildman–Crippen MR) is 96.5 cm³/mol. The fourth-order valence-electron chi connectivity index (χ4n) is 2.21. The number of hydrogen-bond acceptors (Lipinski definition) is 6. The lowest BCUT2D eigenvalue weighted by Crippen LogP contribution is -2.03. The van der Waals surface area contributed by atoms with Crippen LogP contribution < -0.4 is 9.47 Å². The van der Waals surface area contributed by atoms with Gasteiger partial charge in [-0.05, 0) is 29.8 Å². The molecule has 0 amide bonds. The van der Waals surface area contributed by atoms with Crippen molar-refractivity contribution < 1.29 is 23.9 Å². The Labute approximate surface area is 154 Å². The van der Waals surface area contributed by atoms with Crippen molar-refractivity contribution in [3.63, 3.8) is 0 Å². The van der Waals surface area contributed by atoms with E-state index in [0.717, 1.165) is 0 Å². The third-order valence-corrected chi connectivity index (χ3v) is 3.71. The molecule has 136 valence electrons. The smallest absolute Gasteiger partial charge is 0.331 e. The topological polar surface area (TPSA) is 87.9 Å². The molecule has 0 aromatic heterocycles. The molecule has 8 heteroatoms. The molecule has 0 heterocycles. The summed E-state index contributed by atoms with van der Waals surface area (Å²) in [7, 11) is 2.95. The Hall–Kier alpha value is -3.06. The summed E-state index contributed by atoms with van der Waals surface area (Å²) >= 11 is 6.10. The molecule has 0 N–H and O–H groups in total. The van der Waals surface area contributed by atoms with Gasteiger partial charge in [0.25, 0.3) is 5.69 Å². The van der Waals surface area contributed by atoms with Crippen LogP contribution in [0.25, 0.3) is 6.08 Å². The van der Waals surface area contributed by atoms with Crippen LogP contribution >= 0.6 is 11.6 Å². The van der Waals surface area contributed by atoms with Crippen LogP contribution in [0.3, 0.4) is 0 Å². The quantitative estimate of drug-likeness (QED) is 0.313. The predicted octanol–water partition coefficient (Wildman–Crippen LogP) is 4.02. The summed E-state index contributed by atoms with van der Waals surface area (Å²) in [5.41, 5.74) is 0.819. The molecule has 26 heavy (non-hydrogen) atoms. The Morgan fingerprint density at radius 2 is 1.96 bits per heavy atom. The van der Waals surface area contributed by atoms with Crippen LogP contribution in [0.4, 0.5) is 5.69 Å². The maximum atomic E-state index is 11.9. The lowest BCUT2D eigenvalue weighted by molar-refractivity contribution is -0.385. The van der Waals surface area contributed by atoms with E-state index in [1.165, 1.54) is 38.5 Å². The fourth-order valence-corrected chi connectivity index (χ4v) is 2.50. The number of hydrogen-bond donors (Lipinski definition) is 0. The zero-order chi connectivity index (χ0) is 19.1. The Morgan fingerprint density at radius 3 is 2.62 bits per heavy atom. The third-order valence-electron chi connectivity index (χ3n) is 3.43. The van der Waals surface area contributed by atoms with Crippen LogP contribution in [0.5, 0.6) is 11.5 Å². The van der Waals surface area contributed by atoms with Gasteiger partial charge in [0.1, 0.15) is 6.61 Å². The number of rotatable bonds is 7. The average Bonchev–Trinajstić information content (AvgIpc) is 2.64. The first-order valence-electron chi connectivity index (χ1n) is 7.45. The first-order valence-corrected chi connectivity index (χ1v) is 7.82. The van der Waals surface area contributed by atoms with Gasteiger partial charge >= 0.3 is 5.97 Å². The minimum Gasteiger partial charge on any atom is -0.493 e. The van der Waals surface area contributed by atoms with Crippen LogP contribution in [0.15, 0.2) is 42.5 Å². The third kappa shape index (κ3) is 4.73. The first kappa shape index (κ1) is 19.3. The van der Waals surface area contributed by atoms with Gasteiger partial charge in [-0.3, -0.25) is 10.1 Å². The molecule has 0 atom stereocenters. The summed E-state index contributed by atoms with van der Waals surface area (Å²) in [6, 6.07) is 9.32. The van der Waals surface area contributed by atoms with Crippen LogP contribution in [-0.4, -0.2) is 25.1 Å². The van der Waals surface area contributed by atoms with Gasteiger partial charge in [0, 0.05) is 12.1 Å². The van der Waals surface area contributed by atoms with E-state index in [9.17, 15) is 14.9 Å². The summed E-state index contributed by atoms with van der Waals surface area (Å²) in [6.07, 6.45) is 2.70. The highest BCUT2D eigenvalue weighted by atomic mass is 35.5. The van der Waals surface area contributed by atoms with E-state index in [2.05, 4.69) is 0 Å². The van der Waals surface area contributed by atoms with Crippen LogP contribution in [0, 0.1) is 10.1 Å². The number of halogens is 1. The molecule has 0 aliphatic carbocycles. The molecule has 0 spiro atoms. The molecule has 0 unspecified atom stereocenters. The maximum absolute atomic E-state index is 11.9. The SMILES string of the molecule is COc1cc(/C=C/C(=O)OCc2ccccc2[N+](=O)[O-])cc(Cl)c1OC. The number of benzene rings is 2. The zero-order valence-electron chi connectivity index (χ0n) is 14.1. The molecule has 0 bridgehead atoms. The van der Waals surface area contributed by atoms with Crippen molar-refractivity contribution in [3.05, 3.63) is 68.7 Å². The highest BCUT2D eigenvalue weighted by Gasteiger charge is 2.13. The monoisotopic (exact) mass is 377 g/mol. The highest BCUT2D eigenvalue weighted by Crippen LogP contribution is 2.36. The Balaban J connectivity index is 2.07. The summed E-state index contributed by atoms with van der Waals surface area (Å²) in [6.45, 7) is -0.201. The van der Waals surface area contributed by atoms with E-state index in [0.29, 0.717) is 27.6 Å². The number of esters is 1. The second kappa shape index (κ2) is 8.87. The normalized spacial score (nSPS) is 10.6. The number of methoxy groups -OCH3 is 2. The van der Waals surface area contributed by atoms with Crippen LogP contribution in [0.1, 0.15) is 11.1 Å². The lowest BCUT2D eigenvalue weighted by Gasteiger charge is -2.10. The van der Waals surface area contributed by atoms with E-state index in [1.54, 1.807) is 24.3 Å². The second-order valence-electron chi connectivity index (χ2n) is 5.07. The summed E-state index contributed by atoms with van der Waals surface area (Å²) < 4.78 is 15.4. The van der Waals surface area contributed by atoms with Crippen LogP contribution in [0.2, 0.25) is 5.02 Å². The number of ether oxygens (including phenoxy) is 3. The van der Waals surface area contributed by atoms with Gasteiger partial charge in [0.2, 0.25) is 0 Å². The average molecular weight is 378 g/mol. The van der Waals surface area contributed by atoms with E-state index in [4.69, 9.17) is 25.8 Å². The molecule has 0 saturated heterocycles. The van der Waals surface area contributed by atoms with Crippen molar-refractivity contribution in [1.29, 1.82) is 0 Å². The number of nitrogens with zero attached hydrogens (tertiary/aromatic N) is 1. The minimum absolute atomic E-state index is 0.101. The van der Waals surface area contributed by atoms with Gasteiger partial charge in [-0.2, -0.15) is 0 Å². The lowest BCUT2D eigenvalue weighted by atomic mass is 10.2. The molecular formula is C18H16ClNO6. The van der Waals surface area contributed by atoms with Crippen molar-refractivity contribution in [2.45, 2.75) is 6.61 Å². The molecule has 0 fully saturated rings.